The van der Waals surface area contributed by atoms with Crippen molar-refractivity contribution in [2.45, 2.75) is 6.92 Å². The Morgan fingerprint density at radius 3 is 2.19 bits per heavy atom. The van der Waals surface area contributed by atoms with E-state index in [1.165, 1.54) is 0 Å². The topological polar surface area (TPSA) is 90.0 Å². The van der Waals surface area contributed by atoms with Gasteiger partial charge in [-0.15, -0.1) is 0 Å². The monoisotopic (exact) mass is 444 g/mol. The van der Waals surface area contributed by atoms with Gasteiger partial charge in [-0.2, -0.15) is 0 Å². The van der Waals surface area contributed by atoms with E-state index >= 15 is 0 Å². The quantitative estimate of drug-likeness (QED) is 0.694. The van der Waals surface area contributed by atoms with Gasteiger partial charge in [-0.1, -0.05) is 36.4 Å². The zero-order valence-electron chi connectivity index (χ0n) is 17.8. The molecule has 0 spiro atoms. The Kier molecular flexibility index (Phi) is 7.17. The molecule has 2 amide bonds. The van der Waals surface area contributed by atoms with E-state index in [1.54, 1.807) is 36.1 Å². The molecule has 8 nitrogen and oxygen atoms in total. The first-order valence-corrected chi connectivity index (χ1v) is 12.0. The van der Waals surface area contributed by atoms with Gasteiger partial charge in [0.2, 0.25) is 21.8 Å². The molecular weight excluding hydrogens is 416 g/mol. The molecule has 0 unspecified atom stereocenters. The maximum Gasteiger partial charge on any atom is 0.242 e. The van der Waals surface area contributed by atoms with E-state index in [2.05, 4.69) is 10.2 Å². The lowest BCUT2D eigenvalue weighted by atomic mass is 10.2. The number of hydrogen-bond donors (Lipinski definition) is 1. The molecule has 0 saturated carbocycles. The minimum Gasteiger partial charge on any atom is -0.368 e. The van der Waals surface area contributed by atoms with Crippen molar-refractivity contribution in [1.82, 2.24) is 10.2 Å². The van der Waals surface area contributed by atoms with E-state index in [0.717, 1.165) is 34.9 Å². The van der Waals surface area contributed by atoms with Crippen molar-refractivity contribution in [1.29, 1.82) is 0 Å². The van der Waals surface area contributed by atoms with E-state index in [4.69, 9.17) is 0 Å². The molecule has 31 heavy (non-hydrogen) atoms. The third kappa shape index (κ3) is 5.97. The fourth-order valence-electron chi connectivity index (χ4n) is 3.55. The van der Waals surface area contributed by atoms with Crippen LogP contribution in [0.3, 0.4) is 0 Å². The number of nitrogens with one attached hydrogen (secondary N) is 1. The smallest absolute Gasteiger partial charge is 0.242 e. The minimum absolute atomic E-state index is 0.157. The first-order chi connectivity index (χ1) is 14.8. The van der Waals surface area contributed by atoms with E-state index < -0.39 is 15.9 Å². The molecule has 1 heterocycles. The maximum absolute atomic E-state index is 12.5. The van der Waals surface area contributed by atoms with Crippen LogP contribution in [0.4, 0.5) is 11.4 Å². The highest BCUT2D eigenvalue weighted by Gasteiger charge is 2.24. The summed E-state index contributed by atoms with van der Waals surface area (Å²) in [4.78, 5) is 28.9. The molecule has 0 aromatic heterocycles. The van der Waals surface area contributed by atoms with Gasteiger partial charge in [0.05, 0.1) is 18.5 Å². The Bertz CT molecular complexity index is 1020. The van der Waals surface area contributed by atoms with Gasteiger partial charge in [0.25, 0.3) is 0 Å². The average Bonchev–Trinajstić information content (AvgIpc) is 2.76. The fraction of sp³-hybridized carbons (Fsp3) is 0.364. The number of carbonyl (C=O) groups is 2. The summed E-state index contributed by atoms with van der Waals surface area (Å²) in [7, 11) is -3.66. The second kappa shape index (κ2) is 9.82. The van der Waals surface area contributed by atoms with Crippen LogP contribution in [-0.4, -0.2) is 70.7 Å². The van der Waals surface area contributed by atoms with Crippen molar-refractivity contribution in [3.8, 4) is 0 Å². The summed E-state index contributed by atoms with van der Waals surface area (Å²) in [6.45, 7) is 3.83. The lowest BCUT2D eigenvalue weighted by Crippen LogP contribution is -2.52. The Labute approximate surface area is 183 Å². The van der Waals surface area contributed by atoms with Crippen LogP contribution in [0.5, 0.6) is 0 Å². The Hall–Kier alpha value is -3.07. The zero-order valence-corrected chi connectivity index (χ0v) is 18.6. The van der Waals surface area contributed by atoms with Crippen LogP contribution in [-0.2, 0) is 19.6 Å². The first kappa shape index (κ1) is 22.6. The summed E-state index contributed by atoms with van der Waals surface area (Å²) >= 11 is 0. The van der Waals surface area contributed by atoms with Gasteiger partial charge in [-0.3, -0.25) is 13.9 Å². The fourth-order valence-corrected chi connectivity index (χ4v) is 4.46. The third-order valence-electron chi connectivity index (χ3n) is 5.26. The lowest BCUT2D eigenvalue weighted by Gasteiger charge is -2.36. The van der Waals surface area contributed by atoms with Gasteiger partial charge in [0.1, 0.15) is 6.54 Å². The van der Waals surface area contributed by atoms with Gasteiger partial charge in [0.15, 0.2) is 0 Å². The van der Waals surface area contributed by atoms with Crippen LogP contribution < -0.4 is 14.5 Å². The molecule has 1 aliphatic heterocycles. The lowest BCUT2D eigenvalue weighted by molar-refractivity contribution is -0.132. The van der Waals surface area contributed by atoms with E-state index in [9.17, 15) is 18.0 Å². The molecular formula is C22H28N4O4S. The normalized spacial score (nSPS) is 14.3. The largest absolute Gasteiger partial charge is 0.368 e. The van der Waals surface area contributed by atoms with E-state index in [1.807, 2.05) is 30.3 Å². The number of hydrogen-bond acceptors (Lipinski definition) is 5. The number of carbonyl (C=O) groups excluding carboxylic acids is 2. The van der Waals surface area contributed by atoms with Crippen LogP contribution in [0.25, 0.3) is 0 Å². The molecule has 1 saturated heterocycles. The van der Waals surface area contributed by atoms with E-state index in [-0.39, 0.29) is 19.0 Å². The number of rotatable bonds is 7. The third-order valence-corrected chi connectivity index (χ3v) is 6.39. The Morgan fingerprint density at radius 1 is 0.968 bits per heavy atom. The van der Waals surface area contributed by atoms with Crippen LogP contribution in [0.1, 0.15) is 5.56 Å². The standard InChI is InChI=1S/C22H28N4O4S/c1-18-8-6-7-11-20(18)26(31(2,29)30)17-21(27)23-16-22(28)25-14-12-24(13-15-25)19-9-4-3-5-10-19/h3-11H,12-17H2,1-2H3,(H,23,27). The molecule has 9 heteroatoms. The molecule has 1 N–H and O–H groups in total. The number of aryl methyl sites for hydroxylation is 1. The van der Waals surface area contributed by atoms with Crippen LogP contribution in [0.2, 0.25) is 0 Å². The van der Waals surface area contributed by atoms with Crippen molar-refractivity contribution in [3.05, 3.63) is 60.2 Å². The summed E-state index contributed by atoms with van der Waals surface area (Å²) in [5, 5.41) is 2.56. The number of piperazine rings is 1. The highest BCUT2D eigenvalue weighted by atomic mass is 32.2. The van der Waals surface area contributed by atoms with Gasteiger partial charge in [-0.05, 0) is 30.7 Å². The number of amides is 2. The minimum atomic E-state index is -3.66. The van der Waals surface area contributed by atoms with Crippen LogP contribution in [0.15, 0.2) is 54.6 Å². The molecule has 3 rings (SSSR count). The second-order valence-corrected chi connectivity index (χ2v) is 9.44. The van der Waals surface area contributed by atoms with Gasteiger partial charge >= 0.3 is 0 Å². The molecule has 1 aliphatic rings. The molecule has 2 aromatic carbocycles. The summed E-state index contributed by atoms with van der Waals surface area (Å²) in [5.41, 5.74) is 2.32. The molecule has 1 fully saturated rings. The maximum atomic E-state index is 12.5. The zero-order chi connectivity index (χ0) is 22.4. The summed E-state index contributed by atoms with van der Waals surface area (Å²) in [6, 6.07) is 17.0. The Morgan fingerprint density at radius 2 is 1.58 bits per heavy atom. The molecule has 0 bridgehead atoms. The van der Waals surface area contributed by atoms with Gasteiger partial charge in [-0.25, -0.2) is 8.42 Å². The van der Waals surface area contributed by atoms with Crippen molar-refractivity contribution >= 4 is 33.2 Å². The molecule has 0 radical (unpaired) electrons. The van der Waals surface area contributed by atoms with Gasteiger partial charge in [0, 0.05) is 31.9 Å². The number of para-hydroxylation sites is 2. The highest BCUT2D eigenvalue weighted by Crippen LogP contribution is 2.21. The predicted molar refractivity (Wildman–Crippen MR) is 122 cm³/mol. The summed E-state index contributed by atoms with van der Waals surface area (Å²) < 4.78 is 25.5. The first-order valence-electron chi connectivity index (χ1n) is 10.1. The molecule has 2 aromatic rings. The molecule has 0 aliphatic carbocycles. The number of sulfonamides is 1. The molecule has 166 valence electrons. The second-order valence-electron chi connectivity index (χ2n) is 7.54. The number of benzene rings is 2. The van der Waals surface area contributed by atoms with Gasteiger partial charge < -0.3 is 15.1 Å². The number of nitrogens with zero attached hydrogens (tertiary/aromatic N) is 3. The van der Waals surface area contributed by atoms with Crippen molar-refractivity contribution in [2.75, 3.05) is 54.7 Å². The average molecular weight is 445 g/mol. The highest BCUT2D eigenvalue weighted by molar-refractivity contribution is 7.92. The van der Waals surface area contributed by atoms with Crippen molar-refractivity contribution in [2.24, 2.45) is 0 Å². The molecule has 0 atom stereocenters. The predicted octanol–water partition coefficient (Wildman–Crippen LogP) is 1.23. The van der Waals surface area contributed by atoms with Crippen LogP contribution in [0, 0.1) is 6.92 Å². The van der Waals surface area contributed by atoms with E-state index in [0.29, 0.717) is 18.8 Å². The van der Waals surface area contributed by atoms with Crippen molar-refractivity contribution in [3.63, 3.8) is 0 Å². The number of anilines is 2. The van der Waals surface area contributed by atoms with Crippen molar-refractivity contribution < 1.29 is 18.0 Å². The SMILES string of the molecule is Cc1ccccc1N(CC(=O)NCC(=O)N1CCN(c2ccccc2)CC1)S(C)(=O)=O. The summed E-state index contributed by atoms with van der Waals surface area (Å²) in [5.74, 6) is -0.701. The van der Waals surface area contributed by atoms with Crippen LogP contribution >= 0.6 is 0 Å². The Balaban J connectivity index is 1.52. The summed E-state index contributed by atoms with van der Waals surface area (Å²) in [6.07, 6.45) is 1.06.